The van der Waals surface area contributed by atoms with E-state index in [4.69, 9.17) is 16.3 Å². The number of benzene rings is 1. The summed E-state index contributed by atoms with van der Waals surface area (Å²) in [7, 11) is 3.14. The third-order valence-electron chi connectivity index (χ3n) is 2.85. The third kappa shape index (κ3) is 3.45. The molecule has 1 aromatic rings. The molecule has 0 heterocycles. The maximum Gasteiger partial charge on any atom is 0.253 e. The zero-order valence-electron chi connectivity index (χ0n) is 11.1. The summed E-state index contributed by atoms with van der Waals surface area (Å²) in [4.78, 5) is 11.6. The lowest BCUT2D eigenvalue weighted by molar-refractivity contribution is -0.131. The van der Waals surface area contributed by atoms with Crippen LogP contribution < -0.4 is 16.3 Å². The minimum atomic E-state index is -0.613. The van der Waals surface area contributed by atoms with Crippen molar-refractivity contribution in [1.29, 1.82) is 0 Å². The molecule has 0 saturated carbocycles. The van der Waals surface area contributed by atoms with Gasteiger partial charge in [-0.1, -0.05) is 19.1 Å². The first-order valence-corrected chi connectivity index (χ1v) is 5.93. The van der Waals surface area contributed by atoms with Crippen LogP contribution in [-0.2, 0) is 17.6 Å². The van der Waals surface area contributed by atoms with Crippen molar-refractivity contribution in [2.45, 2.75) is 25.8 Å². The molecule has 0 aliphatic rings. The Labute approximate surface area is 108 Å². The molecule has 5 nitrogen and oxygen atoms in total. The van der Waals surface area contributed by atoms with Crippen LogP contribution in [0.4, 0.5) is 0 Å². The molecule has 0 aliphatic heterocycles. The highest BCUT2D eigenvalue weighted by atomic mass is 16.5. The molecule has 1 aromatic carbocycles. The Balaban J connectivity index is 2.82. The van der Waals surface area contributed by atoms with Crippen LogP contribution in [0.3, 0.4) is 0 Å². The Morgan fingerprint density at radius 1 is 1.50 bits per heavy atom. The zero-order chi connectivity index (χ0) is 13.7. The smallest absolute Gasteiger partial charge is 0.253 e. The fourth-order valence-electron chi connectivity index (χ4n) is 1.84. The van der Waals surface area contributed by atoms with Gasteiger partial charge in [0, 0.05) is 7.05 Å². The molecule has 100 valence electrons. The Kier molecular flexibility index (Phi) is 5.12. The van der Waals surface area contributed by atoms with Crippen LogP contribution in [0.5, 0.6) is 5.75 Å². The van der Waals surface area contributed by atoms with Crippen LogP contribution in [-0.4, -0.2) is 31.1 Å². The van der Waals surface area contributed by atoms with Crippen LogP contribution in [0.15, 0.2) is 18.2 Å². The first-order valence-electron chi connectivity index (χ1n) is 5.93. The van der Waals surface area contributed by atoms with Gasteiger partial charge in [0.05, 0.1) is 13.2 Å². The molecule has 0 fully saturated rings. The summed E-state index contributed by atoms with van der Waals surface area (Å²) < 4.78 is 5.26. The van der Waals surface area contributed by atoms with E-state index >= 15 is 0 Å². The lowest BCUT2D eigenvalue weighted by atomic mass is 10.0. The summed E-state index contributed by atoms with van der Waals surface area (Å²) in [6.07, 6.45) is 1.34. The molecule has 1 unspecified atom stereocenters. The molecule has 0 spiro atoms. The Morgan fingerprint density at radius 2 is 2.17 bits per heavy atom. The van der Waals surface area contributed by atoms with Gasteiger partial charge in [-0.3, -0.25) is 9.80 Å². The number of hydrazine groups is 1. The highest BCUT2D eigenvalue weighted by molar-refractivity contribution is 5.81. The van der Waals surface area contributed by atoms with E-state index in [-0.39, 0.29) is 5.91 Å². The van der Waals surface area contributed by atoms with Crippen molar-refractivity contribution < 1.29 is 9.53 Å². The number of hydrogen-bond donors (Lipinski definition) is 2. The normalized spacial score (nSPS) is 12.1. The number of carbonyl (C=O) groups is 1. The van der Waals surface area contributed by atoms with Gasteiger partial charge in [-0.25, -0.2) is 5.84 Å². The largest absolute Gasteiger partial charge is 0.496 e. The SMILES string of the molecule is CCc1cc(CC(N)C(=O)N(C)N)ccc1OC. The summed E-state index contributed by atoms with van der Waals surface area (Å²) in [5.74, 6) is 5.96. The van der Waals surface area contributed by atoms with Crippen molar-refractivity contribution >= 4 is 5.91 Å². The minimum Gasteiger partial charge on any atom is -0.496 e. The number of hydrogen-bond acceptors (Lipinski definition) is 4. The van der Waals surface area contributed by atoms with E-state index in [9.17, 15) is 4.79 Å². The van der Waals surface area contributed by atoms with E-state index < -0.39 is 6.04 Å². The van der Waals surface area contributed by atoms with Crippen molar-refractivity contribution in [2.24, 2.45) is 11.6 Å². The second-order valence-corrected chi connectivity index (χ2v) is 4.26. The monoisotopic (exact) mass is 251 g/mol. The van der Waals surface area contributed by atoms with Crippen molar-refractivity contribution in [3.63, 3.8) is 0 Å². The minimum absolute atomic E-state index is 0.274. The molecule has 1 atom stereocenters. The lowest BCUT2D eigenvalue weighted by Gasteiger charge is -2.17. The zero-order valence-corrected chi connectivity index (χ0v) is 11.1. The van der Waals surface area contributed by atoms with Crippen molar-refractivity contribution in [2.75, 3.05) is 14.2 Å². The summed E-state index contributed by atoms with van der Waals surface area (Å²) in [6, 6.07) is 5.22. The molecule has 0 saturated heterocycles. The number of likely N-dealkylation sites (N-methyl/N-ethyl adjacent to an activating group) is 1. The molecule has 0 radical (unpaired) electrons. The van der Waals surface area contributed by atoms with E-state index in [0.717, 1.165) is 28.3 Å². The molecule has 5 heteroatoms. The van der Waals surface area contributed by atoms with Gasteiger partial charge < -0.3 is 10.5 Å². The molecule has 4 N–H and O–H groups in total. The number of rotatable bonds is 5. The number of aryl methyl sites for hydroxylation is 1. The number of methoxy groups -OCH3 is 1. The maximum atomic E-state index is 11.6. The van der Waals surface area contributed by atoms with Crippen molar-refractivity contribution in [1.82, 2.24) is 5.01 Å². The highest BCUT2D eigenvalue weighted by Crippen LogP contribution is 2.21. The number of carbonyl (C=O) groups excluding carboxylic acids is 1. The van der Waals surface area contributed by atoms with Gasteiger partial charge in [0.2, 0.25) is 0 Å². The third-order valence-corrected chi connectivity index (χ3v) is 2.85. The molecule has 0 bridgehead atoms. The average molecular weight is 251 g/mol. The number of ether oxygens (including phenoxy) is 1. The Hall–Kier alpha value is -1.59. The maximum absolute atomic E-state index is 11.6. The van der Waals surface area contributed by atoms with Crippen LogP contribution in [0.1, 0.15) is 18.1 Å². The highest BCUT2D eigenvalue weighted by Gasteiger charge is 2.16. The predicted octanol–water partition coefficient (Wildman–Crippen LogP) is 0.460. The van der Waals surface area contributed by atoms with Gasteiger partial charge in [0.25, 0.3) is 5.91 Å². The second-order valence-electron chi connectivity index (χ2n) is 4.26. The fourth-order valence-corrected chi connectivity index (χ4v) is 1.84. The van der Waals surface area contributed by atoms with Crippen LogP contribution in [0.25, 0.3) is 0 Å². The van der Waals surface area contributed by atoms with Crippen LogP contribution in [0.2, 0.25) is 0 Å². The number of nitrogens with zero attached hydrogens (tertiary/aromatic N) is 1. The first kappa shape index (κ1) is 14.5. The summed E-state index contributed by atoms with van der Waals surface area (Å²) in [5.41, 5.74) is 7.93. The molecule has 1 rings (SSSR count). The average Bonchev–Trinajstić information content (AvgIpc) is 2.37. The summed E-state index contributed by atoms with van der Waals surface area (Å²) in [6.45, 7) is 2.06. The van der Waals surface area contributed by atoms with Gasteiger partial charge in [0.1, 0.15) is 5.75 Å². The van der Waals surface area contributed by atoms with Crippen LogP contribution >= 0.6 is 0 Å². The summed E-state index contributed by atoms with van der Waals surface area (Å²) in [5, 5.41) is 1.02. The van der Waals surface area contributed by atoms with Crippen molar-refractivity contribution in [3.8, 4) is 5.75 Å². The topological polar surface area (TPSA) is 81.6 Å². The van der Waals surface area contributed by atoms with Gasteiger partial charge in [-0.2, -0.15) is 0 Å². The Bertz CT molecular complexity index is 419. The second kappa shape index (κ2) is 6.37. The van der Waals surface area contributed by atoms with E-state index in [1.807, 2.05) is 18.2 Å². The number of nitrogens with two attached hydrogens (primary N) is 2. The lowest BCUT2D eigenvalue weighted by Crippen LogP contribution is -2.46. The summed E-state index contributed by atoms with van der Waals surface area (Å²) >= 11 is 0. The quantitative estimate of drug-likeness (QED) is 0.452. The predicted molar refractivity (Wildman–Crippen MR) is 71.0 cm³/mol. The van der Waals surface area contributed by atoms with Crippen LogP contribution in [0, 0.1) is 0 Å². The molecule has 0 aromatic heterocycles. The molecular formula is C13H21N3O2. The van der Waals surface area contributed by atoms with E-state index in [1.54, 1.807) is 7.11 Å². The number of amides is 1. The standard InChI is InChI=1S/C13H21N3O2/c1-4-10-7-9(5-6-12(10)18-3)8-11(14)13(17)16(2)15/h5-7,11H,4,8,14-15H2,1-3H3. The Morgan fingerprint density at radius 3 is 2.67 bits per heavy atom. The molecule has 1 amide bonds. The molecule has 18 heavy (non-hydrogen) atoms. The van der Waals surface area contributed by atoms with Gasteiger partial charge in [-0.15, -0.1) is 0 Å². The fraction of sp³-hybridized carbons (Fsp3) is 0.462. The van der Waals surface area contributed by atoms with E-state index in [2.05, 4.69) is 6.92 Å². The van der Waals surface area contributed by atoms with Gasteiger partial charge >= 0.3 is 0 Å². The van der Waals surface area contributed by atoms with Gasteiger partial charge in [-0.05, 0) is 30.0 Å². The molecular weight excluding hydrogens is 230 g/mol. The van der Waals surface area contributed by atoms with E-state index in [0.29, 0.717) is 6.42 Å². The van der Waals surface area contributed by atoms with E-state index in [1.165, 1.54) is 7.05 Å². The first-order chi connectivity index (χ1) is 8.49. The molecule has 0 aliphatic carbocycles. The van der Waals surface area contributed by atoms with Crippen molar-refractivity contribution in [3.05, 3.63) is 29.3 Å². The van der Waals surface area contributed by atoms with Gasteiger partial charge in [0.15, 0.2) is 0 Å².